The fourth-order valence-electron chi connectivity index (χ4n) is 1.76. The maximum absolute atomic E-state index is 10.9. The molecule has 0 aromatic heterocycles. The highest BCUT2D eigenvalue weighted by Gasteiger charge is 2.12. The topological polar surface area (TPSA) is 84.9 Å². The fourth-order valence-corrected chi connectivity index (χ4v) is 1.76. The second kappa shape index (κ2) is 6.08. The molecule has 0 fully saturated rings. The van der Waals surface area contributed by atoms with E-state index in [1.807, 2.05) is 18.2 Å². The van der Waals surface area contributed by atoms with Gasteiger partial charge >= 0.3 is 11.9 Å². The standard InChI is InChI=1S/C13H15NO5/c15-12(13(16)17)14-5-4-9-2-3-10-11(8-9)19-7-1-6-18-10/h2-3,8H,1,4-7H2,(H,14,15)(H,16,17). The fraction of sp³-hybridized carbons (Fsp3) is 0.385. The van der Waals surface area contributed by atoms with Gasteiger partial charge in [0.05, 0.1) is 13.2 Å². The van der Waals surface area contributed by atoms with Crippen molar-refractivity contribution in [3.05, 3.63) is 23.8 Å². The number of ether oxygens (including phenoxy) is 2. The summed E-state index contributed by atoms with van der Waals surface area (Å²) in [6.07, 6.45) is 1.38. The quantitative estimate of drug-likeness (QED) is 0.781. The Hall–Kier alpha value is -2.24. The van der Waals surface area contributed by atoms with Crippen LogP contribution in [0.25, 0.3) is 0 Å². The summed E-state index contributed by atoms with van der Waals surface area (Å²) in [5, 5.41) is 10.7. The molecule has 0 atom stereocenters. The Balaban J connectivity index is 1.93. The minimum absolute atomic E-state index is 0.269. The van der Waals surface area contributed by atoms with E-state index in [1.54, 1.807) is 0 Å². The van der Waals surface area contributed by atoms with Crippen LogP contribution in [-0.2, 0) is 16.0 Å². The van der Waals surface area contributed by atoms with E-state index >= 15 is 0 Å². The number of carbonyl (C=O) groups is 2. The lowest BCUT2D eigenvalue weighted by atomic mass is 10.1. The molecule has 1 heterocycles. The van der Waals surface area contributed by atoms with E-state index in [4.69, 9.17) is 14.6 Å². The van der Waals surface area contributed by atoms with Crippen molar-refractivity contribution in [1.29, 1.82) is 0 Å². The zero-order valence-electron chi connectivity index (χ0n) is 10.3. The molecule has 6 heteroatoms. The number of nitrogens with one attached hydrogen (secondary N) is 1. The maximum Gasteiger partial charge on any atom is 0.394 e. The van der Waals surface area contributed by atoms with Crippen LogP contribution in [0.2, 0.25) is 0 Å². The van der Waals surface area contributed by atoms with Gasteiger partial charge < -0.3 is 19.9 Å². The lowest BCUT2D eigenvalue weighted by Crippen LogP contribution is -2.32. The number of amides is 1. The summed E-state index contributed by atoms with van der Waals surface area (Å²) >= 11 is 0. The summed E-state index contributed by atoms with van der Waals surface area (Å²) in [5.74, 6) is -1.05. The van der Waals surface area contributed by atoms with E-state index < -0.39 is 11.9 Å². The van der Waals surface area contributed by atoms with Crippen LogP contribution < -0.4 is 14.8 Å². The van der Waals surface area contributed by atoms with Gasteiger partial charge in [-0.1, -0.05) is 6.07 Å². The predicted octanol–water partition coefficient (Wildman–Crippen LogP) is 0.591. The number of hydrogen-bond acceptors (Lipinski definition) is 4. The van der Waals surface area contributed by atoms with Gasteiger partial charge in [0, 0.05) is 13.0 Å². The van der Waals surface area contributed by atoms with Gasteiger partial charge in [-0.3, -0.25) is 4.79 Å². The average molecular weight is 265 g/mol. The van der Waals surface area contributed by atoms with Crippen LogP contribution in [0.15, 0.2) is 18.2 Å². The van der Waals surface area contributed by atoms with Gasteiger partial charge in [-0.25, -0.2) is 4.79 Å². The van der Waals surface area contributed by atoms with E-state index in [1.165, 1.54) is 0 Å². The van der Waals surface area contributed by atoms with Crippen LogP contribution in [0, 0.1) is 0 Å². The molecule has 1 aliphatic heterocycles. The van der Waals surface area contributed by atoms with Crippen molar-refractivity contribution >= 4 is 11.9 Å². The molecule has 2 N–H and O–H groups in total. The molecule has 1 aromatic carbocycles. The molecule has 0 saturated heterocycles. The summed E-state index contributed by atoms with van der Waals surface area (Å²) in [6.45, 7) is 1.53. The number of fused-ring (bicyclic) bond motifs is 1. The number of aliphatic carboxylic acids is 1. The monoisotopic (exact) mass is 265 g/mol. The highest BCUT2D eigenvalue weighted by Crippen LogP contribution is 2.30. The van der Waals surface area contributed by atoms with E-state index in [9.17, 15) is 9.59 Å². The molecule has 0 radical (unpaired) electrons. The Morgan fingerprint density at radius 3 is 2.68 bits per heavy atom. The van der Waals surface area contributed by atoms with Crippen LogP contribution in [0.1, 0.15) is 12.0 Å². The van der Waals surface area contributed by atoms with E-state index in [2.05, 4.69) is 5.32 Å². The van der Waals surface area contributed by atoms with E-state index in [0.29, 0.717) is 25.4 Å². The third-order valence-corrected chi connectivity index (χ3v) is 2.71. The third-order valence-electron chi connectivity index (χ3n) is 2.71. The van der Waals surface area contributed by atoms with Crippen LogP contribution in [-0.4, -0.2) is 36.7 Å². The Bertz CT molecular complexity index is 486. The van der Waals surface area contributed by atoms with Gasteiger partial charge in [0.2, 0.25) is 0 Å². The Kier molecular flexibility index (Phi) is 4.22. The second-order valence-electron chi connectivity index (χ2n) is 4.14. The number of carboxylic acids is 1. The zero-order chi connectivity index (χ0) is 13.7. The van der Waals surface area contributed by atoms with Crippen molar-refractivity contribution in [2.75, 3.05) is 19.8 Å². The van der Waals surface area contributed by atoms with Crippen molar-refractivity contribution in [3.8, 4) is 11.5 Å². The molecule has 0 spiro atoms. The molecule has 0 unspecified atom stereocenters. The predicted molar refractivity (Wildman–Crippen MR) is 66.4 cm³/mol. The molecule has 0 saturated carbocycles. The van der Waals surface area contributed by atoms with Gasteiger partial charge in [0.1, 0.15) is 0 Å². The molecule has 0 aliphatic carbocycles. The minimum atomic E-state index is -1.47. The summed E-state index contributed by atoms with van der Waals surface area (Å²) in [7, 11) is 0. The van der Waals surface area contributed by atoms with Crippen LogP contribution in [0.3, 0.4) is 0 Å². The van der Waals surface area contributed by atoms with Crippen molar-refractivity contribution in [2.45, 2.75) is 12.8 Å². The van der Waals surface area contributed by atoms with Gasteiger partial charge in [-0.15, -0.1) is 0 Å². The summed E-state index contributed by atoms with van der Waals surface area (Å²) in [4.78, 5) is 21.2. The van der Waals surface area contributed by atoms with Gasteiger partial charge in [-0.2, -0.15) is 0 Å². The summed E-state index contributed by atoms with van der Waals surface area (Å²) < 4.78 is 11.1. The average Bonchev–Trinajstić information content (AvgIpc) is 2.63. The van der Waals surface area contributed by atoms with Gasteiger partial charge in [-0.05, 0) is 24.1 Å². The first-order valence-corrected chi connectivity index (χ1v) is 6.06. The zero-order valence-corrected chi connectivity index (χ0v) is 10.3. The second-order valence-corrected chi connectivity index (χ2v) is 4.14. The number of benzene rings is 1. The van der Waals surface area contributed by atoms with Crippen molar-refractivity contribution < 1.29 is 24.2 Å². The molecule has 0 bridgehead atoms. The molecule has 19 heavy (non-hydrogen) atoms. The normalized spacial score (nSPS) is 13.5. The van der Waals surface area contributed by atoms with Crippen molar-refractivity contribution in [1.82, 2.24) is 5.32 Å². The first-order chi connectivity index (χ1) is 9.16. The van der Waals surface area contributed by atoms with Gasteiger partial charge in [0.15, 0.2) is 11.5 Å². The maximum atomic E-state index is 10.9. The lowest BCUT2D eigenvalue weighted by molar-refractivity contribution is -0.150. The highest BCUT2D eigenvalue weighted by atomic mass is 16.5. The molecular formula is C13H15NO5. The summed E-state index contributed by atoms with van der Waals surface area (Å²) in [5.41, 5.74) is 0.954. The molecule has 1 aromatic rings. The first-order valence-electron chi connectivity index (χ1n) is 6.06. The van der Waals surface area contributed by atoms with Crippen LogP contribution >= 0.6 is 0 Å². The molecule has 6 nitrogen and oxygen atoms in total. The molecule has 1 amide bonds. The Morgan fingerprint density at radius 1 is 1.21 bits per heavy atom. The van der Waals surface area contributed by atoms with Gasteiger partial charge in [0.25, 0.3) is 0 Å². The molecule has 2 rings (SSSR count). The van der Waals surface area contributed by atoms with Crippen molar-refractivity contribution in [2.24, 2.45) is 0 Å². The van der Waals surface area contributed by atoms with Crippen LogP contribution in [0.4, 0.5) is 0 Å². The molecule has 102 valence electrons. The number of carboxylic acid groups (broad SMARTS) is 1. The number of rotatable bonds is 3. The number of carbonyl (C=O) groups excluding carboxylic acids is 1. The van der Waals surface area contributed by atoms with E-state index in [0.717, 1.165) is 17.7 Å². The minimum Gasteiger partial charge on any atom is -0.490 e. The van der Waals surface area contributed by atoms with E-state index in [-0.39, 0.29) is 6.54 Å². The highest BCUT2D eigenvalue weighted by molar-refractivity contribution is 6.31. The van der Waals surface area contributed by atoms with Crippen molar-refractivity contribution in [3.63, 3.8) is 0 Å². The Labute approximate surface area is 110 Å². The van der Waals surface area contributed by atoms with Crippen LogP contribution in [0.5, 0.6) is 11.5 Å². The molecule has 1 aliphatic rings. The molecular weight excluding hydrogens is 250 g/mol. The number of hydrogen-bond donors (Lipinski definition) is 2. The summed E-state index contributed by atoms with van der Waals surface area (Å²) in [6, 6.07) is 5.56. The smallest absolute Gasteiger partial charge is 0.394 e. The lowest BCUT2D eigenvalue weighted by Gasteiger charge is -2.09. The largest absolute Gasteiger partial charge is 0.490 e. The third kappa shape index (κ3) is 3.61. The Morgan fingerprint density at radius 2 is 1.95 bits per heavy atom. The first kappa shape index (κ1) is 13.2. The SMILES string of the molecule is O=C(O)C(=O)NCCc1ccc2c(c1)OCCCO2.